The fourth-order valence-electron chi connectivity index (χ4n) is 1.82. The summed E-state index contributed by atoms with van der Waals surface area (Å²) in [5, 5.41) is 2.43. The molecule has 0 bridgehead atoms. The van der Waals surface area contributed by atoms with E-state index in [-0.39, 0.29) is 15.0 Å². The summed E-state index contributed by atoms with van der Waals surface area (Å²) in [5.74, 6) is 0. The SMILES string of the molecule is Cc1ccc(S(=O)(=O)N(N=O)c2ccc(C(F)(F)F)cc2)cc1. The van der Waals surface area contributed by atoms with Crippen LogP contribution in [0.1, 0.15) is 11.1 Å². The molecule has 0 saturated heterocycles. The van der Waals surface area contributed by atoms with Gasteiger partial charge in [0.05, 0.1) is 21.4 Å². The minimum absolute atomic E-state index is 0.151. The molecule has 2 aromatic rings. The number of halogens is 3. The van der Waals surface area contributed by atoms with Crippen molar-refractivity contribution < 1.29 is 21.6 Å². The van der Waals surface area contributed by atoms with Gasteiger partial charge in [0, 0.05) is 0 Å². The standard InChI is InChI=1S/C14H11F3N2O3S/c1-10-2-8-13(9-3-10)23(21,22)19(18-20)12-6-4-11(5-7-12)14(15,16)17/h2-9H,1H3. The predicted octanol–water partition coefficient (Wildman–Crippen LogP) is 3.89. The Morgan fingerprint density at radius 1 is 0.957 bits per heavy atom. The molecule has 9 heteroatoms. The summed E-state index contributed by atoms with van der Waals surface area (Å²) in [6.07, 6.45) is -4.56. The third kappa shape index (κ3) is 3.50. The fraction of sp³-hybridized carbons (Fsp3) is 0.143. The van der Waals surface area contributed by atoms with Crippen LogP contribution < -0.4 is 4.41 Å². The molecular formula is C14H11F3N2O3S. The van der Waals surface area contributed by atoms with Crippen molar-refractivity contribution in [1.29, 1.82) is 0 Å². The zero-order chi connectivity index (χ0) is 17.3. The summed E-state index contributed by atoms with van der Waals surface area (Å²) in [6.45, 7) is 1.75. The number of anilines is 1. The summed E-state index contributed by atoms with van der Waals surface area (Å²) in [5.41, 5.74) is -0.433. The van der Waals surface area contributed by atoms with Gasteiger partial charge in [0.1, 0.15) is 0 Å². The molecule has 0 saturated carbocycles. The van der Waals surface area contributed by atoms with Crippen LogP contribution >= 0.6 is 0 Å². The van der Waals surface area contributed by atoms with Gasteiger partial charge in [-0.3, -0.25) is 0 Å². The minimum atomic E-state index is -4.56. The van der Waals surface area contributed by atoms with E-state index < -0.39 is 21.8 Å². The Kier molecular flexibility index (Phi) is 4.42. The van der Waals surface area contributed by atoms with Gasteiger partial charge in [0.15, 0.2) is 0 Å². The molecule has 0 fully saturated rings. The normalized spacial score (nSPS) is 12.0. The number of aryl methyl sites for hydroxylation is 1. The van der Waals surface area contributed by atoms with Crippen LogP contribution in [0.25, 0.3) is 0 Å². The molecule has 0 atom stereocenters. The Balaban J connectivity index is 2.43. The van der Waals surface area contributed by atoms with E-state index in [1.165, 1.54) is 24.3 Å². The molecule has 2 aromatic carbocycles. The van der Waals surface area contributed by atoms with Crippen LogP contribution in [0.3, 0.4) is 0 Å². The lowest BCUT2D eigenvalue weighted by molar-refractivity contribution is -0.137. The average Bonchev–Trinajstić information content (AvgIpc) is 2.48. The smallest absolute Gasteiger partial charge is 0.199 e. The summed E-state index contributed by atoms with van der Waals surface area (Å²) in [4.78, 5) is 10.8. The molecule has 2 rings (SSSR count). The lowest BCUT2D eigenvalue weighted by Gasteiger charge is -2.16. The van der Waals surface area contributed by atoms with E-state index in [4.69, 9.17) is 0 Å². The Morgan fingerprint density at radius 3 is 1.91 bits per heavy atom. The van der Waals surface area contributed by atoms with Crippen LogP contribution in [0.15, 0.2) is 58.7 Å². The van der Waals surface area contributed by atoms with Gasteiger partial charge in [-0.25, -0.2) is 0 Å². The highest BCUT2D eigenvalue weighted by Crippen LogP contribution is 2.32. The molecule has 0 aromatic heterocycles. The quantitative estimate of drug-likeness (QED) is 0.624. The second-order valence-corrected chi connectivity index (χ2v) is 6.45. The first-order chi connectivity index (χ1) is 10.7. The Labute approximate surface area is 130 Å². The molecule has 0 amide bonds. The number of rotatable bonds is 4. The molecular weight excluding hydrogens is 333 g/mol. The highest BCUT2D eigenvalue weighted by atomic mass is 32.2. The number of hydrogen-bond acceptors (Lipinski definition) is 4. The highest BCUT2D eigenvalue weighted by Gasteiger charge is 2.31. The number of benzene rings is 2. The van der Waals surface area contributed by atoms with Crippen molar-refractivity contribution in [2.75, 3.05) is 4.41 Å². The summed E-state index contributed by atoms with van der Waals surface area (Å²) in [6, 6.07) is 8.73. The van der Waals surface area contributed by atoms with Crippen LogP contribution in [0.2, 0.25) is 0 Å². The number of sulfonamides is 1. The number of alkyl halides is 3. The molecule has 0 radical (unpaired) electrons. The third-order valence-corrected chi connectivity index (χ3v) is 4.64. The van der Waals surface area contributed by atoms with E-state index in [1.54, 1.807) is 6.92 Å². The molecule has 5 nitrogen and oxygen atoms in total. The molecule has 0 aliphatic rings. The Hall–Kier alpha value is -2.42. The van der Waals surface area contributed by atoms with E-state index in [0.717, 1.165) is 17.7 Å². The van der Waals surface area contributed by atoms with Gasteiger partial charge < -0.3 is 0 Å². The third-order valence-electron chi connectivity index (χ3n) is 3.04. The molecule has 122 valence electrons. The monoisotopic (exact) mass is 344 g/mol. The Bertz CT molecular complexity index is 801. The predicted molar refractivity (Wildman–Crippen MR) is 78.1 cm³/mol. The molecule has 0 aliphatic carbocycles. The van der Waals surface area contributed by atoms with Crippen molar-refractivity contribution in [3.8, 4) is 0 Å². The summed E-state index contributed by atoms with van der Waals surface area (Å²) in [7, 11) is -4.30. The minimum Gasteiger partial charge on any atom is -0.199 e. The van der Waals surface area contributed by atoms with Crippen molar-refractivity contribution in [2.45, 2.75) is 18.0 Å². The van der Waals surface area contributed by atoms with Crippen molar-refractivity contribution in [2.24, 2.45) is 5.29 Å². The Morgan fingerprint density at radius 2 is 1.48 bits per heavy atom. The van der Waals surface area contributed by atoms with Gasteiger partial charge in [-0.15, -0.1) is 9.32 Å². The number of nitrogens with zero attached hydrogens (tertiary/aromatic N) is 2. The van der Waals surface area contributed by atoms with Crippen LogP contribution in [0.5, 0.6) is 0 Å². The van der Waals surface area contributed by atoms with Gasteiger partial charge in [0.2, 0.25) is 0 Å². The van der Waals surface area contributed by atoms with Crippen molar-refractivity contribution >= 4 is 15.7 Å². The first-order valence-corrected chi connectivity index (χ1v) is 7.73. The van der Waals surface area contributed by atoms with E-state index >= 15 is 0 Å². The average molecular weight is 344 g/mol. The lowest BCUT2D eigenvalue weighted by Crippen LogP contribution is -2.25. The van der Waals surface area contributed by atoms with Crippen LogP contribution in [0, 0.1) is 11.8 Å². The van der Waals surface area contributed by atoms with Crippen LogP contribution in [0.4, 0.5) is 18.9 Å². The van der Waals surface area contributed by atoms with Gasteiger partial charge in [-0.2, -0.15) is 21.6 Å². The van der Waals surface area contributed by atoms with Crippen molar-refractivity contribution in [3.05, 3.63) is 64.6 Å². The first-order valence-electron chi connectivity index (χ1n) is 6.29. The molecule has 0 aliphatic heterocycles. The van der Waals surface area contributed by atoms with Crippen molar-refractivity contribution in [3.63, 3.8) is 0 Å². The maximum Gasteiger partial charge on any atom is 0.416 e. The topological polar surface area (TPSA) is 66.8 Å². The van der Waals surface area contributed by atoms with Crippen LogP contribution in [-0.4, -0.2) is 8.42 Å². The molecule has 0 unspecified atom stereocenters. The van der Waals surface area contributed by atoms with E-state index in [0.29, 0.717) is 12.1 Å². The maximum atomic E-state index is 12.5. The highest BCUT2D eigenvalue weighted by molar-refractivity contribution is 7.92. The zero-order valence-corrected chi connectivity index (χ0v) is 12.6. The lowest BCUT2D eigenvalue weighted by atomic mass is 10.2. The van der Waals surface area contributed by atoms with Gasteiger partial charge in [-0.1, -0.05) is 17.7 Å². The van der Waals surface area contributed by atoms with Crippen molar-refractivity contribution in [1.82, 2.24) is 0 Å². The second kappa shape index (κ2) is 5.99. The van der Waals surface area contributed by atoms with Crippen LogP contribution in [-0.2, 0) is 16.2 Å². The van der Waals surface area contributed by atoms with E-state index in [1.807, 2.05) is 0 Å². The second-order valence-electron chi connectivity index (χ2n) is 4.69. The molecule has 0 spiro atoms. The summed E-state index contributed by atoms with van der Waals surface area (Å²) >= 11 is 0. The zero-order valence-electron chi connectivity index (χ0n) is 11.8. The van der Waals surface area contributed by atoms with E-state index in [9.17, 15) is 26.5 Å². The molecule has 0 N–H and O–H groups in total. The number of nitroso groups, excluding NO2 is 1. The maximum absolute atomic E-state index is 12.5. The first kappa shape index (κ1) is 16.9. The van der Waals surface area contributed by atoms with E-state index in [2.05, 4.69) is 5.29 Å². The van der Waals surface area contributed by atoms with Gasteiger partial charge in [0.25, 0.3) is 10.0 Å². The largest absolute Gasteiger partial charge is 0.416 e. The molecule has 0 heterocycles. The molecule has 23 heavy (non-hydrogen) atoms. The number of hydrogen-bond donors (Lipinski definition) is 0. The van der Waals surface area contributed by atoms with Gasteiger partial charge >= 0.3 is 6.18 Å². The fourth-order valence-corrected chi connectivity index (χ4v) is 2.98. The summed E-state index contributed by atoms with van der Waals surface area (Å²) < 4.78 is 62.5. The van der Waals surface area contributed by atoms with Gasteiger partial charge in [-0.05, 0) is 43.3 Å².